The molecule has 0 aliphatic rings. The fraction of sp³-hybridized carbons (Fsp3) is 0.125. The standard InChI is InChI=1S/C8H8N4O/c1-13-8-9-10-11-12(8)7-5-3-2-4-6-7/h2-6H,1H3. The molecule has 1 aromatic carbocycles. The van der Waals surface area contributed by atoms with Crippen LogP contribution in [0.3, 0.4) is 0 Å². The van der Waals surface area contributed by atoms with Crippen molar-refractivity contribution in [2.75, 3.05) is 7.11 Å². The minimum absolute atomic E-state index is 0.381. The van der Waals surface area contributed by atoms with Crippen LogP contribution in [0.15, 0.2) is 30.3 Å². The van der Waals surface area contributed by atoms with Gasteiger partial charge in [-0.3, -0.25) is 0 Å². The zero-order valence-corrected chi connectivity index (χ0v) is 7.08. The number of rotatable bonds is 2. The van der Waals surface area contributed by atoms with Crippen LogP contribution in [0, 0.1) is 0 Å². The summed E-state index contributed by atoms with van der Waals surface area (Å²) in [5.41, 5.74) is 0.879. The van der Waals surface area contributed by atoms with Gasteiger partial charge in [0.25, 0.3) is 0 Å². The van der Waals surface area contributed by atoms with Crippen molar-refractivity contribution in [1.82, 2.24) is 20.2 Å². The number of tetrazole rings is 1. The normalized spacial score (nSPS) is 9.92. The second-order valence-electron chi connectivity index (χ2n) is 2.41. The number of para-hydroxylation sites is 1. The molecule has 2 aromatic rings. The van der Waals surface area contributed by atoms with E-state index in [0.717, 1.165) is 5.69 Å². The Bertz CT molecular complexity index is 384. The van der Waals surface area contributed by atoms with Gasteiger partial charge >= 0.3 is 6.01 Å². The smallest absolute Gasteiger partial charge is 0.340 e. The maximum absolute atomic E-state index is 4.97. The van der Waals surface area contributed by atoms with Crippen LogP contribution < -0.4 is 4.74 Å². The van der Waals surface area contributed by atoms with Crippen LogP contribution in [-0.4, -0.2) is 27.3 Å². The number of nitrogens with zero attached hydrogens (tertiary/aromatic N) is 4. The highest BCUT2D eigenvalue weighted by Gasteiger charge is 2.05. The van der Waals surface area contributed by atoms with E-state index in [1.165, 1.54) is 11.8 Å². The molecule has 2 rings (SSSR count). The Hall–Kier alpha value is -1.91. The highest BCUT2D eigenvalue weighted by Crippen LogP contribution is 2.11. The third-order valence-corrected chi connectivity index (χ3v) is 1.62. The summed E-state index contributed by atoms with van der Waals surface area (Å²) in [5, 5.41) is 11.0. The summed E-state index contributed by atoms with van der Waals surface area (Å²) in [6.07, 6.45) is 0. The average Bonchev–Trinajstić information content (AvgIpc) is 2.67. The van der Waals surface area contributed by atoms with Crippen molar-refractivity contribution in [1.29, 1.82) is 0 Å². The van der Waals surface area contributed by atoms with Crippen molar-refractivity contribution < 1.29 is 4.74 Å². The first-order valence-electron chi connectivity index (χ1n) is 3.79. The summed E-state index contributed by atoms with van der Waals surface area (Å²) >= 11 is 0. The molecule has 0 radical (unpaired) electrons. The van der Waals surface area contributed by atoms with E-state index < -0.39 is 0 Å². The van der Waals surface area contributed by atoms with Gasteiger partial charge in [0.15, 0.2) is 0 Å². The Morgan fingerprint density at radius 1 is 1.23 bits per heavy atom. The predicted octanol–water partition coefficient (Wildman–Crippen LogP) is 0.671. The van der Waals surface area contributed by atoms with Gasteiger partial charge in [0, 0.05) is 0 Å². The van der Waals surface area contributed by atoms with E-state index in [9.17, 15) is 0 Å². The minimum atomic E-state index is 0.381. The molecule has 0 aliphatic carbocycles. The number of ether oxygens (including phenoxy) is 1. The van der Waals surface area contributed by atoms with E-state index in [2.05, 4.69) is 15.5 Å². The fourth-order valence-electron chi connectivity index (χ4n) is 1.04. The molecule has 1 aromatic heterocycles. The van der Waals surface area contributed by atoms with Gasteiger partial charge in [0.1, 0.15) is 0 Å². The molecule has 0 saturated heterocycles. The molecular formula is C8H8N4O. The van der Waals surface area contributed by atoms with Crippen molar-refractivity contribution in [3.8, 4) is 11.7 Å². The number of benzene rings is 1. The fourth-order valence-corrected chi connectivity index (χ4v) is 1.04. The molecule has 5 heteroatoms. The first-order valence-corrected chi connectivity index (χ1v) is 3.79. The molecule has 0 bridgehead atoms. The quantitative estimate of drug-likeness (QED) is 0.674. The van der Waals surface area contributed by atoms with Crippen LogP contribution in [0.25, 0.3) is 5.69 Å². The molecule has 1 heterocycles. The third kappa shape index (κ3) is 1.35. The summed E-state index contributed by atoms with van der Waals surface area (Å²) in [6.45, 7) is 0. The molecular weight excluding hydrogens is 168 g/mol. The zero-order chi connectivity index (χ0) is 9.10. The first kappa shape index (κ1) is 7.72. The number of methoxy groups -OCH3 is 1. The SMILES string of the molecule is COc1nnnn1-c1ccccc1. The van der Waals surface area contributed by atoms with E-state index in [1.54, 1.807) is 0 Å². The van der Waals surface area contributed by atoms with E-state index >= 15 is 0 Å². The van der Waals surface area contributed by atoms with Crippen LogP contribution in [0.4, 0.5) is 0 Å². The maximum atomic E-state index is 4.97. The van der Waals surface area contributed by atoms with Gasteiger partial charge in [-0.05, 0) is 22.6 Å². The lowest BCUT2D eigenvalue weighted by molar-refractivity contribution is 0.368. The van der Waals surface area contributed by atoms with Gasteiger partial charge in [0.05, 0.1) is 12.8 Å². The van der Waals surface area contributed by atoms with Crippen molar-refractivity contribution in [2.24, 2.45) is 0 Å². The monoisotopic (exact) mass is 176 g/mol. The Balaban J connectivity index is 2.47. The lowest BCUT2D eigenvalue weighted by atomic mass is 10.3. The van der Waals surface area contributed by atoms with Crippen LogP contribution in [0.1, 0.15) is 0 Å². The van der Waals surface area contributed by atoms with Crippen LogP contribution in [-0.2, 0) is 0 Å². The van der Waals surface area contributed by atoms with Gasteiger partial charge in [0.2, 0.25) is 0 Å². The topological polar surface area (TPSA) is 52.8 Å². The number of hydrogen-bond acceptors (Lipinski definition) is 4. The zero-order valence-electron chi connectivity index (χ0n) is 7.08. The van der Waals surface area contributed by atoms with Crippen molar-refractivity contribution >= 4 is 0 Å². The summed E-state index contributed by atoms with van der Waals surface area (Å²) in [6, 6.07) is 9.94. The van der Waals surface area contributed by atoms with Crippen LogP contribution in [0.2, 0.25) is 0 Å². The van der Waals surface area contributed by atoms with Crippen LogP contribution in [0.5, 0.6) is 6.01 Å². The third-order valence-electron chi connectivity index (χ3n) is 1.62. The highest BCUT2D eigenvalue weighted by atomic mass is 16.5. The van der Waals surface area contributed by atoms with E-state index in [0.29, 0.717) is 6.01 Å². The molecule has 0 atom stereocenters. The van der Waals surface area contributed by atoms with E-state index in [-0.39, 0.29) is 0 Å². The predicted molar refractivity (Wildman–Crippen MR) is 45.7 cm³/mol. The molecule has 66 valence electrons. The Morgan fingerprint density at radius 3 is 2.69 bits per heavy atom. The van der Waals surface area contributed by atoms with E-state index in [1.807, 2.05) is 30.3 Å². The molecule has 0 fully saturated rings. The number of hydrogen-bond donors (Lipinski definition) is 0. The largest absolute Gasteiger partial charge is 0.466 e. The molecule has 0 unspecified atom stereocenters. The lowest BCUT2D eigenvalue weighted by Gasteiger charge is -2.00. The summed E-state index contributed by atoms with van der Waals surface area (Å²) in [4.78, 5) is 0. The highest BCUT2D eigenvalue weighted by molar-refractivity contribution is 5.31. The molecule has 13 heavy (non-hydrogen) atoms. The molecule has 0 saturated carbocycles. The average molecular weight is 176 g/mol. The Kier molecular flexibility index (Phi) is 1.91. The molecule has 0 N–H and O–H groups in total. The molecule has 0 spiro atoms. The molecule has 0 aliphatic heterocycles. The minimum Gasteiger partial charge on any atom is -0.466 e. The first-order chi connectivity index (χ1) is 6.42. The van der Waals surface area contributed by atoms with E-state index in [4.69, 9.17) is 4.74 Å². The lowest BCUT2D eigenvalue weighted by Crippen LogP contribution is -1.99. The van der Waals surface area contributed by atoms with Crippen molar-refractivity contribution in [2.45, 2.75) is 0 Å². The van der Waals surface area contributed by atoms with Gasteiger partial charge < -0.3 is 4.74 Å². The second kappa shape index (κ2) is 3.22. The molecule has 0 amide bonds. The maximum Gasteiger partial charge on any atom is 0.340 e. The van der Waals surface area contributed by atoms with Gasteiger partial charge in [-0.25, -0.2) is 0 Å². The van der Waals surface area contributed by atoms with Gasteiger partial charge in [-0.2, -0.15) is 4.68 Å². The summed E-state index contributed by atoms with van der Waals surface area (Å²) in [7, 11) is 1.53. The van der Waals surface area contributed by atoms with Crippen molar-refractivity contribution in [3.05, 3.63) is 30.3 Å². The van der Waals surface area contributed by atoms with Crippen LogP contribution >= 0.6 is 0 Å². The number of aromatic nitrogens is 4. The molecule has 5 nitrogen and oxygen atoms in total. The van der Waals surface area contributed by atoms with Gasteiger partial charge in [-0.15, -0.1) is 0 Å². The second-order valence-corrected chi connectivity index (χ2v) is 2.41. The Labute approximate surface area is 75.0 Å². The summed E-state index contributed by atoms with van der Waals surface area (Å²) in [5.74, 6) is 0. The van der Waals surface area contributed by atoms with Gasteiger partial charge in [-0.1, -0.05) is 23.3 Å². The van der Waals surface area contributed by atoms with Crippen molar-refractivity contribution in [3.63, 3.8) is 0 Å². The summed E-state index contributed by atoms with van der Waals surface area (Å²) < 4.78 is 6.49. The Morgan fingerprint density at radius 2 is 2.00 bits per heavy atom.